The summed E-state index contributed by atoms with van der Waals surface area (Å²) < 4.78 is 10.7. The van der Waals surface area contributed by atoms with E-state index in [0.717, 1.165) is 5.69 Å². The van der Waals surface area contributed by atoms with Crippen molar-refractivity contribution in [1.29, 1.82) is 0 Å². The normalized spacial score (nSPS) is 16.2. The van der Waals surface area contributed by atoms with Crippen molar-refractivity contribution in [1.82, 2.24) is 15.1 Å². The molecule has 2 aliphatic heterocycles. The lowest BCUT2D eigenvalue weighted by Crippen LogP contribution is -2.55. The minimum atomic E-state index is -0.308. The molecule has 2 aromatic carbocycles. The zero-order valence-corrected chi connectivity index (χ0v) is 22.6. The Morgan fingerprint density at radius 3 is 2.26 bits per heavy atom. The molecule has 0 atom stereocenters. The largest absolute Gasteiger partial charge is 0.497 e. The van der Waals surface area contributed by atoms with E-state index in [1.807, 2.05) is 32.9 Å². The Bertz CT molecular complexity index is 1160. The molecule has 0 saturated carbocycles. The third kappa shape index (κ3) is 6.74. The van der Waals surface area contributed by atoms with Crippen LogP contribution in [0.15, 0.2) is 42.5 Å². The maximum atomic E-state index is 13.6. The van der Waals surface area contributed by atoms with Crippen molar-refractivity contribution < 1.29 is 23.9 Å². The molecule has 2 aromatic rings. The number of hydrogen-bond acceptors (Lipinski definition) is 6. The van der Waals surface area contributed by atoms with Crippen LogP contribution >= 0.6 is 0 Å². The standard InChI is InChI=1S/C28H37N5O5/c1-28(2,3)30-27(36)33-12-10-31(11-13-33)24-9-8-21(19-23(24)26(35)32-14-16-38-17-15-32)29-25(34)20-6-5-7-22(18-20)37-4/h5-9,18-19H,10-17H2,1-4H3,(H,29,34)(H,30,36). The fourth-order valence-corrected chi connectivity index (χ4v) is 4.52. The van der Waals surface area contributed by atoms with Gasteiger partial charge >= 0.3 is 6.03 Å². The second kappa shape index (κ2) is 11.7. The van der Waals surface area contributed by atoms with E-state index in [-0.39, 0.29) is 23.4 Å². The number of anilines is 2. The summed E-state index contributed by atoms with van der Waals surface area (Å²) >= 11 is 0. The van der Waals surface area contributed by atoms with Gasteiger partial charge in [0.15, 0.2) is 0 Å². The second-order valence-electron chi connectivity index (χ2n) is 10.5. The van der Waals surface area contributed by atoms with E-state index < -0.39 is 0 Å². The first kappa shape index (κ1) is 27.3. The Hall–Kier alpha value is -3.79. The maximum Gasteiger partial charge on any atom is 0.317 e. The highest BCUT2D eigenvalue weighted by Gasteiger charge is 2.28. The number of hydrogen-bond donors (Lipinski definition) is 2. The van der Waals surface area contributed by atoms with E-state index in [1.165, 1.54) is 0 Å². The molecule has 0 radical (unpaired) electrons. The lowest BCUT2D eigenvalue weighted by Gasteiger charge is -2.38. The van der Waals surface area contributed by atoms with Crippen molar-refractivity contribution >= 4 is 29.2 Å². The molecule has 2 saturated heterocycles. The van der Waals surface area contributed by atoms with Crippen LogP contribution in [0.3, 0.4) is 0 Å². The number of piperazine rings is 1. The lowest BCUT2D eigenvalue weighted by molar-refractivity contribution is 0.0303. The van der Waals surface area contributed by atoms with Crippen LogP contribution in [0.1, 0.15) is 41.5 Å². The third-order valence-corrected chi connectivity index (χ3v) is 6.50. The molecule has 4 rings (SSSR count). The van der Waals surface area contributed by atoms with Crippen LogP contribution in [-0.2, 0) is 4.74 Å². The number of rotatable bonds is 5. The Balaban J connectivity index is 1.54. The molecule has 0 aromatic heterocycles. The van der Waals surface area contributed by atoms with Crippen molar-refractivity contribution in [3.63, 3.8) is 0 Å². The summed E-state index contributed by atoms with van der Waals surface area (Å²) in [5.74, 6) is 0.195. The summed E-state index contributed by atoms with van der Waals surface area (Å²) in [7, 11) is 1.55. The Kier molecular flexibility index (Phi) is 8.41. The molecular formula is C28H37N5O5. The average molecular weight is 524 g/mol. The van der Waals surface area contributed by atoms with Gasteiger partial charge in [-0.2, -0.15) is 0 Å². The molecule has 10 heteroatoms. The van der Waals surface area contributed by atoms with Gasteiger partial charge in [-0.25, -0.2) is 4.79 Å². The highest BCUT2D eigenvalue weighted by atomic mass is 16.5. The smallest absolute Gasteiger partial charge is 0.317 e. The summed E-state index contributed by atoms with van der Waals surface area (Å²) in [5.41, 5.74) is 1.98. The summed E-state index contributed by atoms with van der Waals surface area (Å²) in [6, 6.07) is 12.2. The van der Waals surface area contributed by atoms with Crippen LogP contribution in [0.25, 0.3) is 0 Å². The summed E-state index contributed by atoms with van der Waals surface area (Å²) in [6.45, 7) is 10.2. The Labute approximate surface area is 223 Å². The minimum Gasteiger partial charge on any atom is -0.497 e. The summed E-state index contributed by atoms with van der Waals surface area (Å²) in [6.07, 6.45) is 0. The number of carbonyl (C=O) groups excluding carboxylic acids is 3. The average Bonchev–Trinajstić information content (AvgIpc) is 2.92. The monoisotopic (exact) mass is 523 g/mol. The number of benzene rings is 2. The van der Waals surface area contributed by atoms with Crippen LogP contribution in [0.5, 0.6) is 5.75 Å². The molecule has 0 unspecified atom stereocenters. The van der Waals surface area contributed by atoms with Crippen LogP contribution in [0.4, 0.5) is 16.2 Å². The zero-order valence-electron chi connectivity index (χ0n) is 22.6. The quantitative estimate of drug-likeness (QED) is 0.625. The molecule has 38 heavy (non-hydrogen) atoms. The molecule has 0 spiro atoms. The topological polar surface area (TPSA) is 103 Å². The molecule has 2 aliphatic rings. The SMILES string of the molecule is COc1cccc(C(=O)Nc2ccc(N3CCN(C(=O)NC(C)(C)C)CC3)c(C(=O)N3CCOCC3)c2)c1. The van der Waals surface area contributed by atoms with E-state index in [9.17, 15) is 14.4 Å². The number of nitrogens with zero attached hydrogens (tertiary/aromatic N) is 3. The van der Waals surface area contributed by atoms with E-state index >= 15 is 0 Å². The molecule has 2 N–H and O–H groups in total. The molecule has 4 amide bonds. The van der Waals surface area contributed by atoms with E-state index in [2.05, 4.69) is 15.5 Å². The van der Waals surface area contributed by atoms with Gasteiger partial charge in [0.25, 0.3) is 11.8 Å². The van der Waals surface area contributed by atoms with E-state index in [0.29, 0.717) is 75.0 Å². The van der Waals surface area contributed by atoms with Gasteiger partial charge in [0.05, 0.1) is 25.9 Å². The van der Waals surface area contributed by atoms with E-state index in [1.54, 1.807) is 47.2 Å². The van der Waals surface area contributed by atoms with Crippen molar-refractivity contribution in [3.8, 4) is 5.75 Å². The van der Waals surface area contributed by atoms with Gasteiger partial charge in [0.2, 0.25) is 0 Å². The number of morpholine rings is 1. The van der Waals surface area contributed by atoms with Crippen molar-refractivity contribution in [3.05, 3.63) is 53.6 Å². The Morgan fingerprint density at radius 1 is 0.895 bits per heavy atom. The number of ether oxygens (including phenoxy) is 2. The molecule has 0 aliphatic carbocycles. The van der Waals surface area contributed by atoms with Crippen molar-refractivity contribution in [2.45, 2.75) is 26.3 Å². The highest BCUT2D eigenvalue weighted by molar-refractivity contribution is 6.06. The van der Waals surface area contributed by atoms with Gasteiger partial charge in [-0.05, 0) is 57.2 Å². The third-order valence-electron chi connectivity index (χ3n) is 6.50. The zero-order chi connectivity index (χ0) is 27.3. The first-order valence-electron chi connectivity index (χ1n) is 12.9. The maximum absolute atomic E-state index is 13.6. The molecule has 10 nitrogen and oxygen atoms in total. The van der Waals surface area contributed by atoms with Gasteiger partial charge in [-0.1, -0.05) is 6.07 Å². The number of methoxy groups -OCH3 is 1. The van der Waals surface area contributed by atoms with Crippen LogP contribution in [0, 0.1) is 0 Å². The number of nitrogens with one attached hydrogen (secondary N) is 2. The number of carbonyl (C=O) groups is 3. The highest BCUT2D eigenvalue weighted by Crippen LogP contribution is 2.28. The van der Waals surface area contributed by atoms with Crippen LogP contribution < -0.4 is 20.3 Å². The number of urea groups is 1. The van der Waals surface area contributed by atoms with Crippen molar-refractivity contribution in [2.24, 2.45) is 0 Å². The molecule has 0 bridgehead atoms. The lowest BCUT2D eigenvalue weighted by atomic mass is 10.1. The second-order valence-corrected chi connectivity index (χ2v) is 10.5. The molecule has 204 valence electrons. The fourth-order valence-electron chi connectivity index (χ4n) is 4.52. The first-order chi connectivity index (χ1) is 18.1. The Morgan fingerprint density at radius 2 is 1.61 bits per heavy atom. The van der Waals surface area contributed by atoms with Gasteiger partial charge in [0.1, 0.15) is 5.75 Å². The summed E-state index contributed by atoms with van der Waals surface area (Å²) in [4.78, 5) is 44.9. The van der Waals surface area contributed by atoms with Gasteiger partial charge in [-0.3, -0.25) is 9.59 Å². The predicted octanol–water partition coefficient (Wildman–Crippen LogP) is 3.05. The van der Waals surface area contributed by atoms with Crippen LogP contribution in [-0.4, -0.2) is 92.8 Å². The number of amides is 4. The summed E-state index contributed by atoms with van der Waals surface area (Å²) in [5, 5.41) is 5.92. The minimum absolute atomic E-state index is 0.0858. The molecular weight excluding hydrogens is 486 g/mol. The first-order valence-corrected chi connectivity index (χ1v) is 12.9. The fraction of sp³-hybridized carbons (Fsp3) is 0.464. The van der Waals surface area contributed by atoms with E-state index in [4.69, 9.17) is 9.47 Å². The van der Waals surface area contributed by atoms with Crippen LogP contribution in [0.2, 0.25) is 0 Å². The van der Waals surface area contributed by atoms with Crippen molar-refractivity contribution in [2.75, 3.05) is 69.8 Å². The predicted molar refractivity (Wildman–Crippen MR) is 146 cm³/mol. The molecule has 2 fully saturated rings. The molecule has 2 heterocycles. The van der Waals surface area contributed by atoms with Gasteiger partial charge in [0, 0.05) is 61.7 Å². The van der Waals surface area contributed by atoms with Gasteiger partial charge in [-0.15, -0.1) is 0 Å². The van der Waals surface area contributed by atoms with Gasteiger partial charge < -0.3 is 34.8 Å².